The van der Waals surface area contributed by atoms with Crippen molar-refractivity contribution in [1.29, 1.82) is 0 Å². The molecule has 5 rings (SSSR count). The van der Waals surface area contributed by atoms with Crippen LogP contribution in [0.15, 0.2) is 30.3 Å². The molecule has 1 saturated carbocycles. The third-order valence-corrected chi connectivity index (χ3v) is 8.66. The molecule has 1 aliphatic carbocycles. The quantitative estimate of drug-likeness (QED) is 0.546. The normalized spacial score (nSPS) is 19.4. The van der Waals surface area contributed by atoms with E-state index in [-0.39, 0.29) is 23.5 Å². The topological polar surface area (TPSA) is 97.2 Å². The average molecular weight is 482 g/mol. The third-order valence-electron chi connectivity index (χ3n) is 6.90. The van der Waals surface area contributed by atoms with Gasteiger partial charge < -0.3 is 10.2 Å². The van der Waals surface area contributed by atoms with E-state index in [4.69, 9.17) is 4.98 Å². The summed E-state index contributed by atoms with van der Waals surface area (Å²) in [6, 6.07) is 9.53. The standard InChI is InChI=1S/C25H31N5O3S/c1-4-29(5-2)19-10-8-18(9-11-19)26-25(31)21-14-22(17-6-7-17)27-24-23(21)16(3)28-30(24)20-12-13-34(32,33)15-20/h8-11,14,17,20H,4-7,12-13,15H2,1-3H3,(H,26,31). The second kappa shape index (κ2) is 8.69. The van der Waals surface area contributed by atoms with Gasteiger partial charge in [0.15, 0.2) is 15.5 Å². The molecule has 1 atom stereocenters. The SMILES string of the molecule is CCN(CC)c1ccc(NC(=O)c2cc(C3CC3)nc3c2c(C)nn3C2CCS(=O)(=O)C2)cc1. The summed E-state index contributed by atoms with van der Waals surface area (Å²) < 4.78 is 25.9. The van der Waals surface area contributed by atoms with E-state index in [2.05, 4.69) is 29.2 Å². The molecule has 0 bridgehead atoms. The van der Waals surface area contributed by atoms with Crippen LogP contribution in [0.5, 0.6) is 0 Å². The Kier molecular flexibility index (Phi) is 5.83. The zero-order valence-electron chi connectivity index (χ0n) is 19.9. The Bertz CT molecular complexity index is 1340. The zero-order valence-corrected chi connectivity index (χ0v) is 20.7. The predicted octanol–water partition coefficient (Wildman–Crippen LogP) is 4.08. The molecule has 9 heteroatoms. The minimum atomic E-state index is -3.07. The molecule has 0 radical (unpaired) electrons. The van der Waals surface area contributed by atoms with Gasteiger partial charge in [-0.05, 0) is 70.4 Å². The van der Waals surface area contributed by atoms with Gasteiger partial charge in [-0.25, -0.2) is 18.1 Å². The molecule has 1 amide bonds. The number of nitrogens with zero attached hydrogens (tertiary/aromatic N) is 4. The van der Waals surface area contributed by atoms with Crippen molar-refractivity contribution in [2.75, 3.05) is 34.8 Å². The summed E-state index contributed by atoms with van der Waals surface area (Å²) in [5.74, 6) is 0.378. The molecular weight excluding hydrogens is 450 g/mol. The van der Waals surface area contributed by atoms with Gasteiger partial charge in [-0.3, -0.25) is 4.79 Å². The van der Waals surface area contributed by atoms with Crippen molar-refractivity contribution < 1.29 is 13.2 Å². The molecule has 34 heavy (non-hydrogen) atoms. The van der Waals surface area contributed by atoms with E-state index in [1.54, 1.807) is 4.68 Å². The minimum absolute atomic E-state index is 0.0684. The first-order valence-electron chi connectivity index (χ1n) is 12.1. The second-order valence-electron chi connectivity index (χ2n) is 9.33. The largest absolute Gasteiger partial charge is 0.372 e. The molecule has 8 nitrogen and oxygen atoms in total. The summed E-state index contributed by atoms with van der Waals surface area (Å²) >= 11 is 0. The van der Waals surface area contributed by atoms with Gasteiger partial charge in [-0.1, -0.05) is 0 Å². The van der Waals surface area contributed by atoms with Crippen molar-refractivity contribution in [1.82, 2.24) is 14.8 Å². The second-order valence-corrected chi connectivity index (χ2v) is 11.6. The van der Waals surface area contributed by atoms with Gasteiger partial charge in [0.1, 0.15) is 0 Å². The molecule has 180 valence electrons. The van der Waals surface area contributed by atoms with Crippen molar-refractivity contribution >= 4 is 38.2 Å². The Hall–Kier alpha value is -2.94. The van der Waals surface area contributed by atoms with Crippen molar-refractivity contribution in [3.8, 4) is 0 Å². The van der Waals surface area contributed by atoms with Crippen LogP contribution >= 0.6 is 0 Å². The Morgan fingerprint density at radius 3 is 2.44 bits per heavy atom. The van der Waals surface area contributed by atoms with Gasteiger partial charge in [-0.15, -0.1) is 0 Å². The van der Waals surface area contributed by atoms with Gasteiger partial charge >= 0.3 is 0 Å². The zero-order chi connectivity index (χ0) is 24.0. The number of aromatic nitrogens is 3. The summed E-state index contributed by atoms with van der Waals surface area (Å²) in [6.07, 6.45) is 2.63. The molecule has 2 aromatic heterocycles. The fourth-order valence-electron chi connectivity index (χ4n) is 4.87. The van der Waals surface area contributed by atoms with E-state index in [0.717, 1.165) is 43.0 Å². The van der Waals surface area contributed by atoms with Crippen LogP contribution in [0.2, 0.25) is 0 Å². The fourth-order valence-corrected chi connectivity index (χ4v) is 6.56. The maximum Gasteiger partial charge on any atom is 0.256 e. The first-order chi connectivity index (χ1) is 16.3. The fraction of sp³-hybridized carbons (Fsp3) is 0.480. The number of anilines is 2. The van der Waals surface area contributed by atoms with Crippen molar-refractivity contribution in [2.24, 2.45) is 0 Å². The Labute approximate surface area is 200 Å². The number of hydrogen-bond acceptors (Lipinski definition) is 6. The molecule has 0 spiro atoms. The molecule has 3 heterocycles. The molecule has 2 aliphatic rings. The van der Waals surface area contributed by atoms with Crippen LogP contribution in [0, 0.1) is 6.92 Å². The lowest BCUT2D eigenvalue weighted by Gasteiger charge is -2.21. The Morgan fingerprint density at radius 2 is 1.85 bits per heavy atom. The van der Waals surface area contributed by atoms with Crippen LogP contribution < -0.4 is 10.2 Å². The lowest BCUT2D eigenvalue weighted by atomic mass is 10.1. The maximum absolute atomic E-state index is 13.5. The first kappa shape index (κ1) is 22.8. The van der Waals surface area contributed by atoms with Gasteiger partial charge in [0.2, 0.25) is 0 Å². The molecule has 2 fully saturated rings. The number of fused-ring (bicyclic) bond motifs is 1. The highest BCUT2D eigenvalue weighted by Gasteiger charge is 2.34. The first-order valence-corrected chi connectivity index (χ1v) is 13.9. The Balaban J connectivity index is 1.51. The van der Waals surface area contributed by atoms with Crippen LogP contribution in [-0.2, 0) is 9.84 Å². The number of amides is 1. The number of sulfone groups is 1. The van der Waals surface area contributed by atoms with Gasteiger partial charge in [0.25, 0.3) is 5.91 Å². The highest BCUT2D eigenvalue weighted by atomic mass is 32.2. The molecule has 1 unspecified atom stereocenters. The number of nitrogens with one attached hydrogen (secondary N) is 1. The predicted molar refractivity (Wildman–Crippen MR) is 135 cm³/mol. The van der Waals surface area contributed by atoms with Crippen LogP contribution in [-0.4, -0.2) is 53.7 Å². The Morgan fingerprint density at radius 1 is 1.15 bits per heavy atom. The van der Waals surface area contributed by atoms with E-state index < -0.39 is 9.84 Å². The van der Waals surface area contributed by atoms with E-state index >= 15 is 0 Å². The number of carbonyl (C=O) groups is 1. The van der Waals surface area contributed by atoms with E-state index in [1.165, 1.54) is 0 Å². The maximum atomic E-state index is 13.5. The lowest BCUT2D eigenvalue weighted by molar-refractivity contribution is 0.102. The highest BCUT2D eigenvalue weighted by molar-refractivity contribution is 7.91. The summed E-state index contributed by atoms with van der Waals surface area (Å²) in [7, 11) is -3.07. The summed E-state index contributed by atoms with van der Waals surface area (Å²) in [5.41, 5.74) is 4.59. The molecule has 1 aromatic carbocycles. The number of aryl methyl sites for hydroxylation is 1. The van der Waals surface area contributed by atoms with Crippen LogP contribution in [0.4, 0.5) is 11.4 Å². The van der Waals surface area contributed by atoms with Crippen molar-refractivity contribution in [2.45, 2.75) is 52.0 Å². The smallest absolute Gasteiger partial charge is 0.256 e. The highest BCUT2D eigenvalue weighted by Crippen LogP contribution is 2.41. The van der Waals surface area contributed by atoms with E-state index in [1.807, 2.05) is 37.3 Å². The molecule has 1 N–H and O–H groups in total. The van der Waals surface area contributed by atoms with Gasteiger partial charge in [-0.2, -0.15) is 5.10 Å². The third kappa shape index (κ3) is 4.29. The van der Waals surface area contributed by atoms with E-state index in [9.17, 15) is 13.2 Å². The van der Waals surface area contributed by atoms with Crippen LogP contribution in [0.1, 0.15) is 66.8 Å². The number of benzene rings is 1. The summed E-state index contributed by atoms with van der Waals surface area (Å²) in [5, 5.41) is 8.40. The summed E-state index contributed by atoms with van der Waals surface area (Å²) in [6.45, 7) is 7.94. The molecular formula is C25H31N5O3S. The minimum Gasteiger partial charge on any atom is -0.372 e. The number of carbonyl (C=O) groups excluding carboxylic acids is 1. The lowest BCUT2D eigenvalue weighted by Crippen LogP contribution is -2.21. The number of hydrogen-bond donors (Lipinski definition) is 1. The van der Waals surface area contributed by atoms with Crippen molar-refractivity contribution in [3.05, 3.63) is 47.3 Å². The molecule has 3 aromatic rings. The van der Waals surface area contributed by atoms with Gasteiger partial charge in [0.05, 0.1) is 34.2 Å². The molecule has 1 aliphatic heterocycles. The number of pyridine rings is 1. The average Bonchev–Trinajstić information content (AvgIpc) is 3.53. The van der Waals surface area contributed by atoms with Crippen LogP contribution in [0.25, 0.3) is 11.0 Å². The monoisotopic (exact) mass is 481 g/mol. The van der Waals surface area contributed by atoms with Gasteiger partial charge in [0, 0.05) is 36.1 Å². The summed E-state index contributed by atoms with van der Waals surface area (Å²) in [4.78, 5) is 20.6. The van der Waals surface area contributed by atoms with E-state index in [0.29, 0.717) is 34.6 Å². The van der Waals surface area contributed by atoms with Crippen molar-refractivity contribution in [3.63, 3.8) is 0 Å². The number of rotatable bonds is 7. The molecule has 1 saturated heterocycles. The van der Waals surface area contributed by atoms with Crippen LogP contribution in [0.3, 0.4) is 0 Å².